The number of nitrogens with zero attached hydrogens (tertiary/aromatic N) is 1. The van der Waals surface area contributed by atoms with Gasteiger partial charge in [-0.2, -0.15) is 0 Å². The summed E-state index contributed by atoms with van der Waals surface area (Å²) in [6.07, 6.45) is 0. The van der Waals surface area contributed by atoms with Crippen molar-refractivity contribution < 1.29 is 18.0 Å². The number of carbonyl (C=O) groups is 2. The lowest BCUT2D eigenvalue weighted by Gasteiger charge is -2.11. The number of sulfonamides is 1. The van der Waals surface area contributed by atoms with Crippen molar-refractivity contribution in [3.05, 3.63) is 29.3 Å². The van der Waals surface area contributed by atoms with Gasteiger partial charge in [-0.25, -0.2) is 12.7 Å². The van der Waals surface area contributed by atoms with Crippen molar-refractivity contribution in [2.24, 2.45) is 0 Å². The zero-order valence-corrected chi connectivity index (χ0v) is 12.3. The number of fused-ring (bicyclic) bond motifs is 1. The van der Waals surface area contributed by atoms with Crippen molar-refractivity contribution >= 4 is 21.8 Å². The van der Waals surface area contributed by atoms with Crippen LogP contribution < -0.4 is 5.32 Å². The predicted molar refractivity (Wildman–Crippen MR) is 72.9 cm³/mol. The number of amides is 2. The second-order valence-corrected chi connectivity index (χ2v) is 6.64. The van der Waals surface area contributed by atoms with Gasteiger partial charge in [0, 0.05) is 18.2 Å². The summed E-state index contributed by atoms with van der Waals surface area (Å²) in [5, 5.41) is 2.68. The maximum Gasteiger partial charge on any atom is 0.268 e. The van der Waals surface area contributed by atoms with E-state index in [2.05, 4.69) is 5.32 Å². The molecule has 0 saturated carbocycles. The maximum absolute atomic E-state index is 12.2. The van der Waals surface area contributed by atoms with Gasteiger partial charge in [0.25, 0.3) is 21.8 Å². The molecule has 0 spiro atoms. The molecule has 2 rings (SSSR count). The fourth-order valence-corrected chi connectivity index (χ4v) is 3.68. The summed E-state index contributed by atoms with van der Waals surface area (Å²) < 4.78 is 25.2. The molecule has 1 N–H and O–H groups in total. The van der Waals surface area contributed by atoms with E-state index < -0.39 is 15.9 Å². The van der Waals surface area contributed by atoms with Crippen LogP contribution >= 0.6 is 0 Å². The minimum absolute atomic E-state index is 0.0545. The highest BCUT2D eigenvalue weighted by atomic mass is 32.2. The van der Waals surface area contributed by atoms with Crippen LogP contribution in [0, 0.1) is 0 Å². The fraction of sp³-hybridized carbons (Fsp3) is 0.385. The summed E-state index contributed by atoms with van der Waals surface area (Å²) in [7, 11) is -3.83. The van der Waals surface area contributed by atoms with Crippen molar-refractivity contribution in [3.8, 4) is 0 Å². The monoisotopic (exact) mass is 296 g/mol. The van der Waals surface area contributed by atoms with Crippen molar-refractivity contribution in [1.82, 2.24) is 9.62 Å². The fourth-order valence-electron chi connectivity index (χ4n) is 2.07. The Bertz CT molecular complexity index is 680. The Kier molecular flexibility index (Phi) is 3.56. The third-order valence-electron chi connectivity index (χ3n) is 2.98. The van der Waals surface area contributed by atoms with Crippen LogP contribution in [0.1, 0.15) is 41.5 Å². The van der Waals surface area contributed by atoms with E-state index in [0.29, 0.717) is 0 Å². The number of hydrogen-bond donors (Lipinski definition) is 1. The lowest BCUT2D eigenvalue weighted by molar-refractivity contribution is 0.0873. The Morgan fingerprint density at radius 2 is 2.00 bits per heavy atom. The van der Waals surface area contributed by atoms with E-state index in [0.717, 1.165) is 4.31 Å². The average molecular weight is 296 g/mol. The van der Waals surface area contributed by atoms with E-state index in [1.165, 1.54) is 18.2 Å². The highest BCUT2D eigenvalue weighted by Crippen LogP contribution is 2.30. The summed E-state index contributed by atoms with van der Waals surface area (Å²) in [5.74, 6) is -0.904. The predicted octanol–water partition coefficient (Wildman–Crippen LogP) is 0.989. The van der Waals surface area contributed by atoms with Gasteiger partial charge in [0.05, 0.1) is 5.56 Å². The number of hydrogen-bond acceptors (Lipinski definition) is 4. The van der Waals surface area contributed by atoms with Gasteiger partial charge in [0.1, 0.15) is 4.90 Å². The minimum Gasteiger partial charge on any atom is -0.350 e. The van der Waals surface area contributed by atoms with E-state index in [9.17, 15) is 18.0 Å². The highest BCUT2D eigenvalue weighted by Gasteiger charge is 2.40. The summed E-state index contributed by atoms with van der Waals surface area (Å²) in [4.78, 5) is 23.7. The molecule has 1 aromatic carbocycles. The first-order valence-corrected chi connectivity index (χ1v) is 7.75. The van der Waals surface area contributed by atoms with Gasteiger partial charge in [-0.15, -0.1) is 0 Å². The van der Waals surface area contributed by atoms with Gasteiger partial charge in [-0.05, 0) is 39.0 Å². The van der Waals surface area contributed by atoms with Gasteiger partial charge < -0.3 is 5.32 Å². The molecule has 0 unspecified atom stereocenters. The first-order chi connectivity index (χ1) is 9.28. The molecule has 6 nitrogen and oxygen atoms in total. The summed E-state index contributed by atoms with van der Waals surface area (Å²) >= 11 is 0. The van der Waals surface area contributed by atoms with Crippen LogP contribution in [0.3, 0.4) is 0 Å². The van der Waals surface area contributed by atoms with E-state index in [-0.39, 0.29) is 34.5 Å². The van der Waals surface area contributed by atoms with Crippen molar-refractivity contribution in [2.45, 2.75) is 31.7 Å². The standard InChI is InChI=1S/C13H16N2O4S/c1-4-15-13(17)10-6-5-9(12(16)14-8(2)3)7-11(10)20(15,18)19/h5-8H,4H2,1-3H3,(H,14,16). The van der Waals surface area contributed by atoms with E-state index in [1.54, 1.807) is 6.92 Å². The van der Waals surface area contributed by atoms with Crippen LogP contribution in [0.25, 0.3) is 0 Å². The Morgan fingerprint density at radius 1 is 1.35 bits per heavy atom. The average Bonchev–Trinajstić information content (AvgIpc) is 2.55. The van der Waals surface area contributed by atoms with Crippen LogP contribution in [-0.2, 0) is 10.0 Å². The third-order valence-corrected chi connectivity index (χ3v) is 4.87. The zero-order chi connectivity index (χ0) is 15.1. The van der Waals surface area contributed by atoms with Gasteiger partial charge >= 0.3 is 0 Å². The van der Waals surface area contributed by atoms with Crippen LogP contribution in [0.4, 0.5) is 0 Å². The lowest BCUT2D eigenvalue weighted by atomic mass is 10.1. The van der Waals surface area contributed by atoms with Gasteiger partial charge in [-0.3, -0.25) is 9.59 Å². The minimum atomic E-state index is -3.83. The van der Waals surface area contributed by atoms with Crippen molar-refractivity contribution in [3.63, 3.8) is 0 Å². The van der Waals surface area contributed by atoms with E-state index in [4.69, 9.17) is 0 Å². The second kappa shape index (κ2) is 4.90. The first-order valence-electron chi connectivity index (χ1n) is 6.31. The van der Waals surface area contributed by atoms with Gasteiger partial charge in [0.15, 0.2) is 0 Å². The van der Waals surface area contributed by atoms with Crippen LogP contribution in [0.2, 0.25) is 0 Å². The molecule has 1 aromatic rings. The largest absolute Gasteiger partial charge is 0.350 e. The Balaban J connectivity index is 2.49. The Labute approximate surface area is 117 Å². The maximum atomic E-state index is 12.2. The van der Waals surface area contributed by atoms with E-state index in [1.807, 2.05) is 13.8 Å². The molecular weight excluding hydrogens is 280 g/mol. The molecule has 0 aromatic heterocycles. The highest BCUT2D eigenvalue weighted by molar-refractivity contribution is 7.90. The van der Waals surface area contributed by atoms with Gasteiger partial charge in [-0.1, -0.05) is 0 Å². The lowest BCUT2D eigenvalue weighted by Crippen LogP contribution is -2.30. The SMILES string of the molecule is CCN1C(=O)c2ccc(C(=O)NC(C)C)cc2S1(=O)=O. The van der Waals surface area contributed by atoms with Crippen LogP contribution in [-0.4, -0.2) is 37.1 Å². The molecule has 0 aliphatic carbocycles. The second-order valence-electron chi connectivity index (χ2n) is 4.81. The van der Waals surface area contributed by atoms with Crippen molar-refractivity contribution in [2.75, 3.05) is 6.54 Å². The molecule has 7 heteroatoms. The first kappa shape index (κ1) is 14.5. The van der Waals surface area contributed by atoms with Gasteiger partial charge in [0.2, 0.25) is 0 Å². The topological polar surface area (TPSA) is 83.6 Å². The molecule has 0 saturated heterocycles. The molecule has 0 atom stereocenters. The molecule has 1 aliphatic heterocycles. The molecule has 0 bridgehead atoms. The molecule has 1 aliphatic rings. The summed E-state index contributed by atoms with van der Waals surface area (Å²) in [6, 6.07) is 4.06. The summed E-state index contributed by atoms with van der Waals surface area (Å²) in [6.45, 7) is 5.28. The Hall–Kier alpha value is -1.89. The van der Waals surface area contributed by atoms with E-state index >= 15 is 0 Å². The number of rotatable bonds is 3. The smallest absolute Gasteiger partial charge is 0.268 e. The van der Waals surface area contributed by atoms with Crippen LogP contribution in [0.15, 0.2) is 23.1 Å². The normalized spacial score (nSPS) is 16.4. The molecular formula is C13H16N2O4S. The molecule has 108 valence electrons. The van der Waals surface area contributed by atoms with Crippen LogP contribution in [0.5, 0.6) is 0 Å². The molecule has 20 heavy (non-hydrogen) atoms. The molecule has 2 amide bonds. The van der Waals surface area contributed by atoms with Crippen molar-refractivity contribution in [1.29, 1.82) is 0 Å². The molecule has 1 heterocycles. The Morgan fingerprint density at radius 3 is 2.55 bits per heavy atom. The quantitative estimate of drug-likeness (QED) is 0.901. The third kappa shape index (κ3) is 2.18. The molecule has 0 radical (unpaired) electrons. The molecule has 0 fully saturated rings. The number of benzene rings is 1. The summed E-state index contributed by atoms with van der Waals surface area (Å²) in [5.41, 5.74) is 0.347. The number of nitrogens with one attached hydrogen (secondary N) is 1. The zero-order valence-electron chi connectivity index (χ0n) is 11.5. The number of carbonyl (C=O) groups excluding carboxylic acids is 2.